The summed E-state index contributed by atoms with van der Waals surface area (Å²) in [7, 11) is -3.45. The van der Waals surface area contributed by atoms with Crippen molar-refractivity contribution in [3.05, 3.63) is 72.0 Å². The average molecular weight is 397 g/mol. The van der Waals surface area contributed by atoms with Crippen LogP contribution in [0.1, 0.15) is 11.1 Å². The highest BCUT2D eigenvalue weighted by Gasteiger charge is 2.38. The smallest absolute Gasteiger partial charge is 0.357 e. The third-order valence-electron chi connectivity index (χ3n) is 3.81. The number of nitrogens with zero attached hydrogens (tertiary/aromatic N) is 1. The molecule has 0 saturated carbocycles. The summed E-state index contributed by atoms with van der Waals surface area (Å²) in [6.07, 6.45) is -3.66. The highest BCUT2D eigenvalue weighted by Crippen LogP contribution is 2.34. The zero-order valence-electron chi connectivity index (χ0n) is 13.9. The van der Waals surface area contributed by atoms with E-state index in [0.29, 0.717) is 16.7 Å². The van der Waals surface area contributed by atoms with E-state index < -0.39 is 27.7 Å². The SMILES string of the molecule is CS(=O)(=O)c1ccc(C2=C(c3ccc(F)cc3)[CH]NC(C(F)(F)F)=N2)cc1. The molecule has 0 aliphatic carbocycles. The van der Waals surface area contributed by atoms with Crippen molar-refractivity contribution in [2.75, 3.05) is 6.26 Å². The monoisotopic (exact) mass is 397 g/mol. The predicted molar refractivity (Wildman–Crippen MR) is 93.7 cm³/mol. The van der Waals surface area contributed by atoms with E-state index in [1.807, 2.05) is 0 Å². The second kappa shape index (κ2) is 6.80. The van der Waals surface area contributed by atoms with Crippen molar-refractivity contribution < 1.29 is 26.0 Å². The van der Waals surface area contributed by atoms with E-state index in [-0.39, 0.29) is 10.6 Å². The fraction of sp³-hybridized carbons (Fsp3) is 0.111. The number of rotatable bonds is 3. The molecule has 0 fully saturated rings. The van der Waals surface area contributed by atoms with Gasteiger partial charge in [0.2, 0.25) is 5.84 Å². The minimum Gasteiger partial charge on any atom is -0.357 e. The summed E-state index contributed by atoms with van der Waals surface area (Å²) < 4.78 is 75.5. The number of hydrogen-bond acceptors (Lipinski definition) is 4. The van der Waals surface area contributed by atoms with Gasteiger partial charge in [-0.05, 0) is 29.8 Å². The minimum atomic E-state index is -4.69. The fourth-order valence-electron chi connectivity index (χ4n) is 2.49. The van der Waals surface area contributed by atoms with Crippen LogP contribution in [0.15, 0.2) is 58.4 Å². The van der Waals surface area contributed by atoms with Crippen LogP contribution in [0.4, 0.5) is 17.6 Å². The molecule has 27 heavy (non-hydrogen) atoms. The maximum absolute atomic E-state index is 13.2. The second-order valence-electron chi connectivity index (χ2n) is 5.81. The molecule has 1 N–H and O–H groups in total. The van der Waals surface area contributed by atoms with Crippen molar-refractivity contribution in [1.82, 2.24) is 5.32 Å². The van der Waals surface area contributed by atoms with Crippen LogP contribution in [0.3, 0.4) is 0 Å². The molecule has 0 bridgehead atoms. The first-order valence-electron chi connectivity index (χ1n) is 7.62. The fourth-order valence-corrected chi connectivity index (χ4v) is 3.12. The van der Waals surface area contributed by atoms with Crippen molar-refractivity contribution in [3.8, 4) is 0 Å². The molecule has 0 amide bonds. The number of halogens is 4. The molecule has 2 aromatic rings. The lowest BCUT2D eigenvalue weighted by atomic mass is 9.98. The van der Waals surface area contributed by atoms with Crippen LogP contribution in [-0.2, 0) is 9.84 Å². The van der Waals surface area contributed by atoms with Gasteiger partial charge >= 0.3 is 6.18 Å². The van der Waals surface area contributed by atoms with Crippen molar-refractivity contribution in [3.63, 3.8) is 0 Å². The quantitative estimate of drug-likeness (QED) is 0.801. The van der Waals surface area contributed by atoms with Gasteiger partial charge in [0.1, 0.15) is 5.82 Å². The Balaban J connectivity index is 2.16. The van der Waals surface area contributed by atoms with E-state index in [4.69, 9.17) is 0 Å². The third kappa shape index (κ3) is 4.19. The molecule has 2 aromatic carbocycles. The van der Waals surface area contributed by atoms with E-state index in [9.17, 15) is 26.0 Å². The summed E-state index contributed by atoms with van der Waals surface area (Å²) in [4.78, 5) is 3.72. The zero-order valence-corrected chi connectivity index (χ0v) is 14.7. The Morgan fingerprint density at radius 1 is 0.926 bits per heavy atom. The van der Waals surface area contributed by atoms with Crippen LogP contribution in [0.2, 0.25) is 0 Å². The highest BCUT2D eigenvalue weighted by atomic mass is 32.2. The molecule has 9 heteroatoms. The Hall–Kier alpha value is -2.68. The number of amidine groups is 1. The highest BCUT2D eigenvalue weighted by molar-refractivity contribution is 7.90. The molecular formula is C18H13F4N2O2S. The minimum absolute atomic E-state index is 0.00673. The molecule has 4 nitrogen and oxygen atoms in total. The van der Waals surface area contributed by atoms with Gasteiger partial charge in [0.15, 0.2) is 9.84 Å². The molecule has 141 valence electrons. The molecule has 1 aliphatic rings. The number of alkyl halides is 3. The van der Waals surface area contributed by atoms with Crippen molar-refractivity contribution in [2.24, 2.45) is 4.99 Å². The number of sulfone groups is 1. The van der Waals surface area contributed by atoms with Gasteiger partial charge in [-0.3, -0.25) is 0 Å². The van der Waals surface area contributed by atoms with Gasteiger partial charge in [0, 0.05) is 17.4 Å². The molecule has 1 aliphatic heterocycles. The zero-order chi connectivity index (χ0) is 19.8. The number of nitrogens with one attached hydrogen (secondary N) is 1. The number of aliphatic imine (C=N–C) groups is 1. The third-order valence-corrected chi connectivity index (χ3v) is 4.94. The van der Waals surface area contributed by atoms with E-state index >= 15 is 0 Å². The van der Waals surface area contributed by atoms with E-state index in [2.05, 4.69) is 10.3 Å². The predicted octanol–water partition coefficient (Wildman–Crippen LogP) is 3.82. The first-order chi connectivity index (χ1) is 12.6. The lowest BCUT2D eigenvalue weighted by Gasteiger charge is -2.22. The van der Waals surface area contributed by atoms with Crippen LogP contribution < -0.4 is 5.32 Å². The normalized spacial score (nSPS) is 15.4. The largest absolute Gasteiger partial charge is 0.449 e. The molecule has 1 heterocycles. The summed E-state index contributed by atoms with van der Waals surface area (Å²) in [5.41, 5.74) is 1.06. The van der Waals surface area contributed by atoms with Crippen molar-refractivity contribution in [2.45, 2.75) is 11.1 Å². The molecule has 0 atom stereocenters. The molecule has 0 unspecified atom stereocenters. The molecule has 0 aromatic heterocycles. The van der Waals surface area contributed by atoms with Gasteiger partial charge in [0.05, 0.1) is 17.1 Å². The first kappa shape index (κ1) is 19.1. The Morgan fingerprint density at radius 2 is 1.48 bits per heavy atom. The standard InChI is InChI=1S/C18H13F4N2O2S/c1-27(25,26)14-8-4-12(5-9-14)16-15(11-2-6-13(19)7-3-11)10-23-17(24-16)18(20,21)22/h2-10H,1H3,(H,23,24). The Bertz CT molecular complexity index is 1020. The summed E-state index contributed by atoms with van der Waals surface area (Å²) in [6.45, 7) is 1.14. The van der Waals surface area contributed by atoms with E-state index in [1.54, 1.807) is 0 Å². The van der Waals surface area contributed by atoms with Gasteiger partial charge in [-0.15, -0.1) is 0 Å². The van der Waals surface area contributed by atoms with Crippen LogP contribution in [-0.4, -0.2) is 26.7 Å². The Kier molecular flexibility index (Phi) is 4.81. The van der Waals surface area contributed by atoms with Crippen molar-refractivity contribution in [1.29, 1.82) is 0 Å². The Morgan fingerprint density at radius 3 is 2.00 bits per heavy atom. The van der Waals surface area contributed by atoms with Crippen LogP contribution in [0.25, 0.3) is 11.3 Å². The average Bonchev–Trinajstić information content (AvgIpc) is 2.60. The van der Waals surface area contributed by atoms with Crippen LogP contribution >= 0.6 is 0 Å². The van der Waals surface area contributed by atoms with Gasteiger partial charge in [0.25, 0.3) is 0 Å². The summed E-state index contributed by atoms with van der Waals surface area (Å²) in [5, 5.41) is 2.11. The number of benzene rings is 2. The lowest BCUT2D eigenvalue weighted by Crippen LogP contribution is -2.37. The summed E-state index contributed by atoms with van der Waals surface area (Å²) >= 11 is 0. The molecule has 3 rings (SSSR count). The summed E-state index contributed by atoms with van der Waals surface area (Å²) in [6, 6.07) is 10.6. The molecular weight excluding hydrogens is 384 g/mol. The van der Waals surface area contributed by atoms with E-state index in [0.717, 1.165) is 12.8 Å². The Labute approximate surface area is 153 Å². The van der Waals surface area contributed by atoms with Gasteiger partial charge < -0.3 is 5.32 Å². The van der Waals surface area contributed by atoms with Crippen LogP contribution in [0.5, 0.6) is 0 Å². The van der Waals surface area contributed by atoms with Crippen molar-refractivity contribution >= 4 is 26.9 Å². The maximum atomic E-state index is 13.2. The number of hydrogen-bond donors (Lipinski definition) is 1. The molecule has 1 radical (unpaired) electrons. The molecule has 0 saturated heterocycles. The van der Waals surface area contributed by atoms with Crippen LogP contribution in [0, 0.1) is 12.4 Å². The van der Waals surface area contributed by atoms with E-state index in [1.165, 1.54) is 48.5 Å². The van der Waals surface area contributed by atoms with Gasteiger partial charge in [-0.2, -0.15) is 13.2 Å². The van der Waals surface area contributed by atoms with Gasteiger partial charge in [-0.1, -0.05) is 24.3 Å². The first-order valence-corrected chi connectivity index (χ1v) is 9.51. The lowest BCUT2D eigenvalue weighted by molar-refractivity contribution is -0.0613. The van der Waals surface area contributed by atoms with Gasteiger partial charge in [-0.25, -0.2) is 17.8 Å². The second-order valence-corrected chi connectivity index (χ2v) is 7.83. The maximum Gasteiger partial charge on any atom is 0.449 e. The summed E-state index contributed by atoms with van der Waals surface area (Å²) in [5.74, 6) is -1.68. The molecule has 0 spiro atoms. The topological polar surface area (TPSA) is 58.5 Å².